The second-order valence-corrected chi connectivity index (χ2v) is 6.26. The zero-order chi connectivity index (χ0) is 23.0. The first-order chi connectivity index (χ1) is 15.9. The van der Waals surface area contributed by atoms with Gasteiger partial charge in [-0.1, -0.05) is 6.07 Å². The van der Waals surface area contributed by atoms with Crippen molar-refractivity contribution in [3.63, 3.8) is 0 Å². The van der Waals surface area contributed by atoms with Crippen molar-refractivity contribution >= 4 is 0 Å². The highest BCUT2D eigenvalue weighted by molar-refractivity contribution is 5.19. The van der Waals surface area contributed by atoms with E-state index in [0.29, 0.717) is 117 Å². The van der Waals surface area contributed by atoms with Gasteiger partial charge in [0.25, 0.3) is 0 Å². The summed E-state index contributed by atoms with van der Waals surface area (Å²) in [6.07, 6.45) is 0. The molecule has 0 fully saturated rings. The fourth-order valence-corrected chi connectivity index (χ4v) is 2.22. The summed E-state index contributed by atoms with van der Waals surface area (Å²) in [7, 11) is 0. The van der Waals surface area contributed by atoms with Gasteiger partial charge >= 0.3 is 0 Å². The quantitative estimate of drug-likeness (QED) is 0.199. The van der Waals surface area contributed by atoms with Crippen molar-refractivity contribution in [2.75, 3.05) is 106 Å². The van der Waals surface area contributed by atoms with Crippen molar-refractivity contribution in [3.8, 4) is 11.8 Å². The van der Waals surface area contributed by atoms with Crippen LogP contribution in [0.4, 0.5) is 0 Å². The third kappa shape index (κ3) is 18.0. The molecule has 0 aromatic carbocycles. The lowest BCUT2D eigenvalue weighted by Gasteiger charge is -2.10. The molecule has 0 amide bonds. The molecule has 0 spiro atoms. The van der Waals surface area contributed by atoms with Crippen molar-refractivity contribution in [2.24, 2.45) is 11.5 Å². The fourth-order valence-electron chi connectivity index (χ4n) is 2.22. The molecule has 186 valence electrons. The second kappa shape index (κ2) is 22.6. The SMILES string of the molecule is NCCOCCOCCOCCOc1cccc(OCCOCCOCCOCCN)n1. The Bertz CT molecular complexity index is 486. The third-order valence-electron chi connectivity index (χ3n) is 3.67. The maximum atomic E-state index is 5.57. The van der Waals surface area contributed by atoms with Crippen LogP contribution in [-0.2, 0) is 28.4 Å². The van der Waals surface area contributed by atoms with Crippen LogP contribution in [0, 0.1) is 0 Å². The molecule has 32 heavy (non-hydrogen) atoms. The van der Waals surface area contributed by atoms with Crippen LogP contribution in [0.15, 0.2) is 18.2 Å². The van der Waals surface area contributed by atoms with Crippen LogP contribution >= 0.6 is 0 Å². The summed E-state index contributed by atoms with van der Waals surface area (Å²) in [4.78, 5) is 4.29. The molecule has 4 N–H and O–H groups in total. The number of hydrogen-bond acceptors (Lipinski definition) is 11. The molecular weight excluding hydrogens is 422 g/mol. The average molecular weight is 462 g/mol. The monoisotopic (exact) mass is 461 g/mol. The van der Waals surface area contributed by atoms with Gasteiger partial charge in [0.2, 0.25) is 11.8 Å². The maximum Gasteiger partial charge on any atom is 0.216 e. The summed E-state index contributed by atoms with van der Waals surface area (Å²) in [5, 5.41) is 0. The van der Waals surface area contributed by atoms with Gasteiger partial charge in [-0.3, -0.25) is 0 Å². The number of nitrogens with zero attached hydrogens (tertiary/aromatic N) is 1. The predicted molar refractivity (Wildman–Crippen MR) is 118 cm³/mol. The van der Waals surface area contributed by atoms with E-state index in [-0.39, 0.29) is 0 Å². The van der Waals surface area contributed by atoms with Crippen LogP contribution in [-0.4, -0.2) is 111 Å². The average Bonchev–Trinajstić information content (AvgIpc) is 2.81. The summed E-state index contributed by atoms with van der Waals surface area (Å²) in [6, 6.07) is 5.35. The van der Waals surface area contributed by atoms with E-state index in [2.05, 4.69) is 4.98 Å². The van der Waals surface area contributed by atoms with E-state index in [9.17, 15) is 0 Å². The molecule has 1 aromatic heterocycles. The summed E-state index contributed by atoms with van der Waals surface area (Å²) >= 11 is 0. The van der Waals surface area contributed by atoms with Crippen LogP contribution < -0.4 is 20.9 Å². The lowest BCUT2D eigenvalue weighted by Crippen LogP contribution is -2.15. The van der Waals surface area contributed by atoms with Crippen molar-refractivity contribution in [1.82, 2.24) is 4.98 Å². The van der Waals surface area contributed by atoms with E-state index < -0.39 is 0 Å². The number of nitrogens with two attached hydrogens (primary N) is 2. The number of hydrogen-bond donors (Lipinski definition) is 2. The van der Waals surface area contributed by atoms with Gasteiger partial charge in [-0.15, -0.1) is 0 Å². The van der Waals surface area contributed by atoms with Gasteiger partial charge in [-0.2, -0.15) is 4.98 Å². The molecule has 0 saturated carbocycles. The molecule has 0 aliphatic carbocycles. The Morgan fingerprint density at radius 1 is 0.469 bits per heavy atom. The summed E-state index contributed by atoms with van der Waals surface area (Å²) in [5.74, 6) is 0.955. The van der Waals surface area contributed by atoms with Crippen molar-refractivity contribution in [1.29, 1.82) is 0 Å². The predicted octanol–water partition coefficient (Wildman–Crippen LogP) is -0.144. The highest BCUT2D eigenvalue weighted by atomic mass is 16.6. The van der Waals surface area contributed by atoms with E-state index in [1.165, 1.54) is 0 Å². The largest absolute Gasteiger partial charge is 0.475 e. The molecule has 0 saturated heterocycles. The Morgan fingerprint density at radius 2 is 0.781 bits per heavy atom. The highest BCUT2D eigenvalue weighted by Gasteiger charge is 2.01. The third-order valence-corrected chi connectivity index (χ3v) is 3.67. The van der Waals surface area contributed by atoms with E-state index in [0.717, 1.165) is 0 Å². The van der Waals surface area contributed by atoms with E-state index in [4.69, 9.17) is 49.4 Å². The lowest BCUT2D eigenvalue weighted by molar-refractivity contribution is 0.00963. The first-order valence-electron chi connectivity index (χ1n) is 11.0. The molecule has 1 heterocycles. The first-order valence-corrected chi connectivity index (χ1v) is 11.0. The Labute approximate surface area is 190 Å². The number of rotatable bonds is 24. The zero-order valence-electron chi connectivity index (χ0n) is 18.9. The molecule has 0 radical (unpaired) electrons. The van der Waals surface area contributed by atoms with Crippen LogP contribution in [0.5, 0.6) is 11.8 Å². The maximum absolute atomic E-state index is 5.57. The standard InChI is InChI=1S/C21H39N3O8/c22-4-6-25-8-10-27-12-14-29-16-18-31-20-2-1-3-21(24-20)32-19-17-30-15-13-28-11-9-26-7-5-23/h1-3H,4-19,22-23H2. The van der Waals surface area contributed by atoms with Gasteiger partial charge < -0.3 is 49.4 Å². The molecule has 0 unspecified atom stereocenters. The van der Waals surface area contributed by atoms with Crippen molar-refractivity contribution in [3.05, 3.63) is 18.2 Å². The van der Waals surface area contributed by atoms with Gasteiger partial charge in [0.05, 0.1) is 79.3 Å². The minimum absolute atomic E-state index is 0.385. The van der Waals surface area contributed by atoms with Crippen molar-refractivity contribution in [2.45, 2.75) is 0 Å². The number of ether oxygens (including phenoxy) is 8. The molecule has 1 rings (SSSR count). The molecule has 11 heteroatoms. The van der Waals surface area contributed by atoms with Gasteiger partial charge in [-0.05, 0) is 0 Å². The normalized spacial score (nSPS) is 11.1. The lowest BCUT2D eigenvalue weighted by atomic mass is 10.5. The number of aromatic nitrogens is 1. The minimum atomic E-state index is 0.385. The van der Waals surface area contributed by atoms with E-state index in [1.807, 2.05) is 6.07 Å². The summed E-state index contributed by atoms with van der Waals surface area (Å²) in [6.45, 7) is 7.91. The zero-order valence-corrected chi connectivity index (χ0v) is 18.9. The molecule has 1 aromatic rings. The summed E-state index contributed by atoms with van der Waals surface area (Å²) < 4.78 is 43.2. The minimum Gasteiger partial charge on any atom is -0.475 e. The summed E-state index contributed by atoms with van der Waals surface area (Å²) in [5.41, 5.74) is 10.6. The van der Waals surface area contributed by atoms with E-state index >= 15 is 0 Å². The molecule has 0 bridgehead atoms. The fraction of sp³-hybridized carbons (Fsp3) is 0.762. The van der Waals surface area contributed by atoms with Gasteiger partial charge in [-0.25, -0.2) is 0 Å². The molecule has 0 aliphatic heterocycles. The second-order valence-electron chi connectivity index (χ2n) is 6.26. The van der Waals surface area contributed by atoms with Gasteiger partial charge in [0.1, 0.15) is 13.2 Å². The molecular formula is C21H39N3O8. The smallest absolute Gasteiger partial charge is 0.216 e. The Balaban J connectivity index is 1.94. The molecule has 0 aliphatic rings. The Kier molecular flexibility index (Phi) is 20.1. The Morgan fingerprint density at radius 3 is 1.12 bits per heavy atom. The Hall–Kier alpha value is -1.57. The van der Waals surface area contributed by atoms with Gasteiger partial charge in [0, 0.05) is 25.2 Å². The number of pyridine rings is 1. The van der Waals surface area contributed by atoms with Crippen LogP contribution in [0.25, 0.3) is 0 Å². The van der Waals surface area contributed by atoms with E-state index in [1.54, 1.807) is 12.1 Å². The topological polar surface area (TPSA) is 139 Å². The van der Waals surface area contributed by atoms with Crippen LogP contribution in [0.1, 0.15) is 0 Å². The highest BCUT2D eigenvalue weighted by Crippen LogP contribution is 2.13. The van der Waals surface area contributed by atoms with Crippen LogP contribution in [0.3, 0.4) is 0 Å². The molecule has 0 atom stereocenters. The first kappa shape index (κ1) is 28.5. The van der Waals surface area contributed by atoms with Crippen molar-refractivity contribution < 1.29 is 37.9 Å². The molecule has 11 nitrogen and oxygen atoms in total. The van der Waals surface area contributed by atoms with Gasteiger partial charge in [0.15, 0.2) is 0 Å². The van der Waals surface area contributed by atoms with Crippen LogP contribution in [0.2, 0.25) is 0 Å².